The highest BCUT2D eigenvalue weighted by Gasteiger charge is 2.05. The van der Waals surface area contributed by atoms with E-state index in [1.807, 2.05) is 48.5 Å². The molecule has 5 nitrogen and oxygen atoms in total. The number of amides is 2. The predicted molar refractivity (Wildman–Crippen MR) is 107 cm³/mol. The minimum absolute atomic E-state index is 0.118. The summed E-state index contributed by atoms with van der Waals surface area (Å²) < 4.78 is 1.89. The first-order chi connectivity index (χ1) is 12.0. The summed E-state index contributed by atoms with van der Waals surface area (Å²) in [6.45, 7) is 0. The quantitative estimate of drug-likeness (QED) is 0.466. The lowest BCUT2D eigenvalue weighted by Gasteiger charge is -2.05. The van der Waals surface area contributed by atoms with Gasteiger partial charge in [0.15, 0.2) is 0 Å². The molecular formula is C18H17Br2N3O2. The van der Waals surface area contributed by atoms with Gasteiger partial charge in [-0.15, -0.1) is 0 Å². The first-order valence-electron chi connectivity index (χ1n) is 7.66. The maximum atomic E-state index is 11.8. The molecule has 2 amide bonds. The Morgan fingerprint density at radius 3 is 2.40 bits per heavy atom. The molecule has 25 heavy (non-hydrogen) atoms. The number of rotatable bonds is 7. The van der Waals surface area contributed by atoms with Crippen LogP contribution < -0.4 is 10.7 Å². The molecule has 0 fully saturated rings. The third kappa shape index (κ3) is 7.62. The highest BCUT2D eigenvalue weighted by atomic mass is 79.9. The maximum Gasteiger partial charge on any atom is 0.240 e. The molecule has 0 bridgehead atoms. The number of nitrogens with zero attached hydrogens (tertiary/aromatic N) is 1. The third-order valence-electron chi connectivity index (χ3n) is 3.19. The number of hydrogen-bond donors (Lipinski definition) is 2. The van der Waals surface area contributed by atoms with Gasteiger partial charge in [0.05, 0.1) is 6.21 Å². The topological polar surface area (TPSA) is 70.6 Å². The normalized spacial score (nSPS) is 10.6. The monoisotopic (exact) mass is 465 g/mol. The average molecular weight is 467 g/mol. The number of anilines is 1. The fourth-order valence-electron chi connectivity index (χ4n) is 1.99. The summed E-state index contributed by atoms with van der Waals surface area (Å²) in [4.78, 5) is 23.5. The summed E-state index contributed by atoms with van der Waals surface area (Å²) in [6.07, 6.45) is 2.55. The summed E-state index contributed by atoms with van der Waals surface area (Å²) in [5.74, 6) is -0.338. The fourth-order valence-corrected chi connectivity index (χ4v) is 2.67. The second kappa shape index (κ2) is 10.1. The lowest BCUT2D eigenvalue weighted by Crippen LogP contribution is -2.18. The van der Waals surface area contributed by atoms with Crippen LogP contribution in [0.15, 0.2) is 62.6 Å². The summed E-state index contributed by atoms with van der Waals surface area (Å²) in [7, 11) is 0. The smallest absolute Gasteiger partial charge is 0.240 e. The number of carbonyl (C=O) groups excluding carboxylic acids is 2. The molecule has 130 valence electrons. The highest BCUT2D eigenvalue weighted by Crippen LogP contribution is 2.14. The minimum Gasteiger partial charge on any atom is -0.326 e. The van der Waals surface area contributed by atoms with E-state index in [2.05, 4.69) is 47.7 Å². The van der Waals surface area contributed by atoms with Gasteiger partial charge in [0.25, 0.3) is 0 Å². The van der Waals surface area contributed by atoms with Crippen molar-refractivity contribution in [2.45, 2.75) is 19.3 Å². The molecule has 2 aromatic rings. The minimum atomic E-state index is -0.220. The SMILES string of the molecule is O=C(CCCC(=O)Nc1ccc(Br)cc1)NN=Cc1cccc(Br)c1. The Bertz CT molecular complexity index is 761. The van der Waals surface area contributed by atoms with Crippen LogP contribution in [0.4, 0.5) is 5.69 Å². The molecule has 0 radical (unpaired) electrons. The fraction of sp³-hybridized carbons (Fsp3) is 0.167. The van der Waals surface area contributed by atoms with Crippen LogP contribution in [-0.4, -0.2) is 18.0 Å². The van der Waals surface area contributed by atoms with Crippen molar-refractivity contribution < 1.29 is 9.59 Å². The standard InChI is InChI=1S/C18H17Br2N3O2/c19-14-7-9-16(10-8-14)22-17(24)5-2-6-18(25)23-21-12-13-3-1-4-15(20)11-13/h1,3-4,7-12H,2,5-6H2,(H,22,24)(H,23,25). The molecule has 0 aromatic heterocycles. The summed E-state index contributed by atoms with van der Waals surface area (Å²) in [6, 6.07) is 14.9. The van der Waals surface area contributed by atoms with Crippen molar-refractivity contribution >= 4 is 55.6 Å². The van der Waals surface area contributed by atoms with Gasteiger partial charge in [0, 0.05) is 27.5 Å². The predicted octanol–water partition coefficient (Wildman–Crippen LogP) is 4.47. The van der Waals surface area contributed by atoms with Gasteiger partial charge in [0.1, 0.15) is 0 Å². The van der Waals surface area contributed by atoms with E-state index in [9.17, 15) is 9.59 Å². The van der Waals surface area contributed by atoms with Crippen molar-refractivity contribution in [1.82, 2.24) is 5.43 Å². The summed E-state index contributed by atoms with van der Waals surface area (Å²) in [5.41, 5.74) is 4.07. The van der Waals surface area contributed by atoms with E-state index < -0.39 is 0 Å². The van der Waals surface area contributed by atoms with E-state index in [0.29, 0.717) is 6.42 Å². The van der Waals surface area contributed by atoms with Crippen LogP contribution in [0.1, 0.15) is 24.8 Å². The molecule has 0 aliphatic rings. The second-order valence-electron chi connectivity index (χ2n) is 5.26. The van der Waals surface area contributed by atoms with Crippen LogP contribution >= 0.6 is 31.9 Å². The van der Waals surface area contributed by atoms with Crippen molar-refractivity contribution in [2.75, 3.05) is 5.32 Å². The van der Waals surface area contributed by atoms with Crippen molar-refractivity contribution in [3.05, 3.63) is 63.0 Å². The largest absolute Gasteiger partial charge is 0.326 e. The zero-order chi connectivity index (χ0) is 18.1. The molecule has 2 N–H and O–H groups in total. The Hall–Kier alpha value is -1.99. The van der Waals surface area contributed by atoms with Gasteiger partial charge in [-0.1, -0.05) is 44.0 Å². The van der Waals surface area contributed by atoms with Crippen LogP contribution in [0.3, 0.4) is 0 Å². The first-order valence-corrected chi connectivity index (χ1v) is 9.24. The van der Waals surface area contributed by atoms with Gasteiger partial charge >= 0.3 is 0 Å². The summed E-state index contributed by atoms with van der Waals surface area (Å²) >= 11 is 6.71. The molecule has 0 saturated heterocycles. The molecule has 0 unspecified atom stereocenters. The summed E-state index contributed by atoms with van der Waals surface area (Å²) in [5, 5.41) is 6.69. The van der Waals surface area contributed by atoms with Crippen LogP contribution in [0.5, 0.6) is 0 Å². The zero-order valence-electron chi connectivity index (χ0n) is 13.3. The number of hydrogen-bond acceptors (Lipinski definition) is 3. The molecule has 2 rings (SSSR count). The van der Waals surface area contributed by atoms with Gasteiger partial charge < -0.3 is 5.32 Å². The van der Waals surface area contributed by atoms with Crippen molar-refractivity contribution in [2.24, 2.45) is 5.10 Å². The molecule has 0 aliphatic heterocycles. The van der Waals surface area contributed by atoms with E-state index in [4.69, 9.17) is 0 Å². The lowest BCUT2D eigenvalue weighted by molar-refractivity contribution is -0.121. The zero-order valence-corrected chi connectivity index (χ0v) is 16.5. The Morgan fingerprint density at radius 2 is 1.68 bits per heavy atom. The van der Waals surface area contributed by atoms with Crippen LogP contribution in [0.25, 0.3) is 0 Å². The Balaban J connectivity index is 1.66. The van der Waals surface area contributed by atoms with E-state index in [1.54, 1.807) is 6.21 Å². The maximum absolute atomic E-state index is 11.8. The second-order valence-corrected chi connectivity index (χ2v) is 7.09. The highest BCUT2D eigenvalue weighted by molar-refractivity contribution is 9.10. The van der Waals surface area contributed by atoms with Crippen LogP contribution in [-0.2, 0) is 9.59 Å². The Labute approximate surface area is 163 Å². The van der Waals surface area contributed by atoms with Gasteiger partial charge in [-0.3, -0.25) is 9.59 Å². The molecule has 0 spiro atoms. The van der Waals surface area contributed by atoms with E-state index in [0.717, 1.165) is 20.2 Å². The number of carbonyl (C=O) groups is 2. The van der Waals surface area contributed by atoms with Gasteiger partial charge in [-0.05, 0) is 48.4 Å². The number of halogens is 2. The first kappa shape index (κ1) is 19.3. The van der Waals surface area contributed by atoms with Gasteiger partial charge in [-0.2, -0.15) is 5.10 Å². The third-order valence-corrected chi connectivity index (χ3v) is 4.21. The average Bonchev–Trinajstić information content (AvgIpc) is 2.57. The van der Waals surface area contributed by atoms with Gasteiger partial charge in [-0.25, -0.2) is 5.43 Å². The lowest BCUT2D eigenvalue weighted by atomic mass is 10.2. The molecule has 0 saturated carbocycles. The van der Waals surface area contributed by atoms with E-state index in [-0.39, 0.29) is 24.7 Å². The Morgan fingerprint density at radius 1 is 0.960 bits per heavy atom. The van der Waals surface area contributed by atoms with Crippen molar-refractivity contribution in [3.63, 3.8) is 0 Å². The van der Waals surface area contributed by atoms with Crippen molar-refractivity contribution in [3.8, 4) is 0 Å². The van der Waals surface area contributed by atoms with E-state index in [1.165, 1.54) is 0 Å². The molecule has 7 heteroatoms. The Kier molecular flexibility index (Phi) is 7.81. The molecular weight excluding hydrogens is 450 g/mol. The van der Waals surface area contributed by atoms with E-state index >= 15 is 0 Å². The molecule has 2 aromatic carbocycles. The molecule has 0 heterocycles. The van der Waals surface area contributed by atoms with Gasteiger partial charge in [0.2, 0.25) is 11.8 Å². The molecule has 0 atom stereocenters. The van der Waals surface area contributed by atoms with Crippen LogP contribution in [0.2, 0.25) is 0 Å². The number of benzene rings is 2. The van der Waals surface area contributed by atoms with Crippen molar-refractivity contribution in [1.29, 1.82) is 0 Å². The van der Waals surface area contributed by atoms with Crippen LogP contribution in [0, 0.1) is 0 Å². The number of nitrogens with one attached hydrogen (secondary N) is 2. The number of hydrazone groups is 1. The molecule has 0 aliphatic carbocycles.